The normalized spacial score (nSPS) is 14.9. The van der Waals surface area contributed by atoms with E-state index in [2.05, 4.69) is 12.0 Å². The molecule has 1 unspecified atom stereocenters. The molecule has 40 heavy (non-hydrogen) atoms. The monoisotopic (exact) mass is 580 g/mol. The van der Waals surface area contributed by atoms with Gasteiger partial charge in [0.25, 0.3) is 16.0 Å². The Bertz CT molecular complexity index is 1150. The van der Waals surface area contributed by atoms with E-state index in [1.165, 1.54) is 106 Å². The maximum absolute atomic E-state index is 13.1. The van der Waals surface area contributed by atoms with Gasteiger partial charge < -0.3 is 4.74 Å². The number of carbonyl (C=O) groups is 1. The third-order valence-electron chi connectivity index (χ3n) is 7.19. The quantitative estimate of drug-likeness (QED) is 0.107. The molecule has 0 spiro atoms. The van der Waals surface area contributed by atoms with E-state index in [9.17, 15) is 17.8 Å². The average Bonchev–Trinajstić information content (AvgIpc) is 3.31. The van der Waals surface area contributed by atoms with Crippen molar-refractivity contribution in [2.24, 2.45) is 5.10 Å². The van der Waals surface area contributed by atoms with Crippen LogP contribution in [0.3, 0.4) is 0 Å². The molecule has 0 bridgehead atoms. The number of benzene rings is 2. The predicted octanol–water partition coefficient (Wildman–Crippen LogP) is 7.26. The number of nitrogens with zero attached hydrogens (tertiary/aromatic N) is 2. The molecular weight excluding hydrogens is 535 g/mol. The van der Waals surface area contributed by atoms with Crippen LogP contribution >= 0.6 is 0 Å². The van der Waals surface area contributed by atoms with Crippen LogP contribution in [0.25, 0.3) is 0 Å². The Morgan fingerprint density at radius 3 is 1.88 bits per heavy atom. The average molecular weight is 581 g/mol. The van der Waals surface area contributed by atoms with Crippen molar-refractivity contribution in [1.82, 2.24) is 0 Å². The van der Waals surface area contributed by atoms with Crippen molar-refractivity contribution in [3.8, 4) is 5.75 Å². The summed E-state index contributed by atoms with van der Waals surface area (Å²) in [4.78, 5) is 12.9. The summed E-state index contributed by atoms with van der Waals surface area (Å²) in [5.41, 5.74) is 1.18. The van der Waals surface area contributed by atoms with Crippen LogP contribution in [0.1, 0.15) is 108 Å². The zero-order valence-electron chi connectivity index (χ0n) is 23.3. The first kappa shape index (κ1) is 34.5. The standard InChI is InChI=1S/C31H44N2O5S.Na.H/c1-2-3-4-5-6-7-8-9-10-11-12-13-14-17-24-38-30-19-16-15-18-28(30)29-25-32-33(31(29)34)26-20-22-27(23-21-26)39(35,36)37;;/h15-16,18-23,25,29H,2-14,17,24H2,1H3,(H,35,36,37);;. The number of anilines is 1. The van der Waals surface area contributed by atoms with Gasteiger partial charge >= 0.3 is 29.6 Å². The summed E-state index contributed by atoms with van der Waals surface area (Å²) < 4.78 is 37.8. The SMILES string of the molecule is CCCCCCCCCCCCCCCCOc1ccccc1C1C=NN(c2ccc(S(=O)(=O)O)cc2)C1=O.[NaH]. The van der Waals surface area contributed by atoms with E-state index in [0.29, 0.717) is 18.0 Å². The Hall–Kier alpha value is -1.71. The fourth-order valence-corrected chi connectivity index (χ4v) is 5.38. The van der Waals surface area contributed by atoms with Gasteiger partial charge in [0.05, 0.1) is 17.2 Å². The number of hydrazone groups is 1. The van der Waals surface area contributed by atoms with Crippen LogP contribution in [-0.4, -0.2) is 61.3 Å². The Balaban J connectivity index is 0.00000560. The summed E-state index contributed by atoms with van der Waals surface area (Å²) in [6, 6.07) is 12.9. The molecule has 2 aromatic carbocycles. The van der Waals surface area contributed by atoms with Gasteiger partial charge in [-0.1, -0.05) is 109 Å². The minimum absolute atomic E-state index is 0. The second-order valence-electron chi connectivity index (χ2n) is 10.3. The number of amides is 1. The number of hydrogen-bond acceptors (Lipinski definition) is 5. The van der Waals surface area contributed by atoms with Crippen LogP contribution in [0.4, 0.5) is 5.69 Å². The summed E-state index contributed by atoms with van der Waals surface area (Å²) in [5.74, 6) is -0.151. The van der Waals surface area contributed by atoms with E-state index in [4.69, 9.17) is 4.74 Å². The number of rotatable bonds is 19. The van der Waals surface area contributed by atoms with Crippen molar-refractivity contribution in [1.29, 1.82) is 0 Å². The van der Waals surface area contributed by atoms with Crippen LogP contribution in [0.15, 0.2) is 58.5 Å². The van der Waals surface area contributed by atoms with Gasteiger partial charge in [0.15, 0.2) is 0 Å². The number of ether oxygens (including phenoxy) is 1. The second kappa shape index (κ2) is 18.7. The summed E-state index contributed by atoms with van der Waals surface area (Å²) in [7, 11) is -4.30. The number of unbranched alkanes of at least 4 members (excludes halogenated alkanes) is 13. The van der Waals surface area contributed by atoms with Gasteiger partial charge in [-0.3, -0.25) is 9.35 Å². The van der Waals surface area contributed by atoms with Gasteiger partial charge in [0, 0.05) is 11.8 Å². The van der Waals surface area contributed by atoms with Gasteiger partial charge in [-0.15, -0.1) is 0 Å². The molecule has 2 aromatic rings. The van der Waals surface area contributed by atoms with Gasteiger partial charge in [-0.2, -0.15) is 13.5 Å². The van der Waals surface area contributed by atoms with Crippen molar-refractivity contribution in [3.05, 3.63) is 54.1 Å². The third kappa shape index (κ3) is 11.3. The number of para-hydroxylation sites is 1. The van der Waals surface area contributed by atoms with Gasteiger partial charge in [-0.05, 0) is 36.8 Å². The molecule has 216 valence electrons. The second-order valence-corrected chi connectivity index (χ2v) is 11.8. The summed E-state index contributed by atoms with van der Waals surface area (Å²) in [6.07, 6.45) is 19.9. The summed E-state index contributed by atoms with van der Waals surface area (Å²) in [5, 5.41) is 5.48. The number of carbonyl (C=O) groups excluding carboxylic acids is 1. The van der Waals surface area contributed by atoms with Crippen molar-refractivity contribution >= 4 is 57.5 Å². The minimum atomic E-state index is -4.30. The molecule has 1 aliphatic heterocycles. The van der Waals surface area contributed by atoms with Gasteiger partial charge in [-0.25, -0.2) is 5.01 Å². The van der Waals surface area contributed by atoms with Crippen LogP contribution in [0.5, 0.6) is 5.75 Å². The van der Waals surface area contributed by atoms with Crippen molar-refractivity contribution in [2.75, 3.05) is 11.6 Å². The molecule has 3 rings (SSSR count). The summed E-state index contributed by atoms with van der Waals surface area (Å²) >= 11 is 0. The Morgan fingerprint density at radius 2 is 1.32 bits per heavy atom. The van der Waals surface area contributed by atoms with E-state index < -0.39 is 16.0 Å². The first-order chi connectivity index (χ1) is 18.9. The van der Waals surface area contributed by atoms with Crippen LogP contribution < -0.4 is 9.75 Å². The van der Waals surface area contributed by atoms with E-state index in [1.807, 2.05) is 24.3 Å². The Labute approximate surface area is 262 Å². The molecule has 1 heterocycles. The van der Waals surface area contributed by atoms with Crippen LogP contribution in [0, 0.1) is 0 Å². The van der Waals surface area contributed by atoms with E-state index in [0.717, 1.165) is 18.4 Å². The fourth-order valence-electron chi connectivity index (χ4n) is 4.90. The molecule has 0 saturated carbocycles. The fraction of sp³-hybridized carbons (Fsp3) is 0.548. The summed E-state index contributed by atoms with van der Waals surface area (Å²) in [6.45, 7) is 2.87. The zero-order valence-corrected chi connectivity index (χ0v) is 24.1. The number of hydrogen-bond donors (Lipinski definition) is 1. The molecule has 1 N–H and O–H groups in total. The molecular formula is C31H45N2NaO5S. The predicted molar refractivity (Wildman–Crippen MR) is 164 cm³/mol. The Kier molecular flexibility index (Phi) is 16.1. The molecule has 7 nitrogen and oxygen atoms in total. The first-order valence-corrected chi connectivity index (χ1v) is 16.0. The van der Waals surface area contributed by atoms with Gasteiger partial charge in [0.2, 0.25) is 0 Å². The van der Waals surface area contributed by atoms with Crippen molar-refractivity contribution < 1.29 is 22.5 Å². The van der Waals surface area contributed by atoms with Crippen molar-refractivity contribution in [3.63, 3.8) is 0 Å². The topological polar surface area (TPSA) is 96.3 Å². The molecule has 0 aromatic heterocycles. The zero-order chi connectivity index (χ0) is 27.9. The molecule has 9 heteroatoms. The van der Waals surface area contributed by atoms with Crippen LogP contribution in [-0.2, 0) is 14.9 Å². The Morgan fingerprint density at radius 1 is 0.800 bits per heavy atom. The van der Waals surface area contributed by atoms with E-state index >= 15 is 0 Å². The van der Waals surface area contributed by atoms with Crippen LogP contribution in [0.2, 0.25) is 0 Å². The van der Waals surface area contributed by atoms with E-state index in [1.54, 1.807) is 6.21 Å². The molecule has 0 saturated heterocycles. The van der Waals surface area contributed by atoms with Crippen molar-refractivity contribution in [2.45, 2.75) is 108 Å². The van der Waals surface area contributed by atoms with E-state index in [-0.39, 0.29) is 40.4 Å². The molecule has 1 aliphatic rings. The molecule has 1 amide bonds. The molecule has 0 aliphatic carbocycles. The molecule has 0 radical (unpaired) electrons. The van der Waals surface area contributed by atoms with Gasteiger partial charge in [0.1, 0.15) is 11.7 Å². The third-order valence-corrected chi connectivity index (χ3v) is 8.06. The molecule has 0 fully saturated rings. The molecule has 1 atom stereocenters. The first-order valence-electron chi connectivity index (χ1n) is 14.6. The maximum atomic E-state index is 13.1.